The molecule has 0 unspecified atom stereocenters. The predicted molar refractivity (Wildman–Crippen MR) is 173 cm³/mol. The van der Waals surface area contributed by atoms with Crippen molar-refractivity contribution in [3.8, 4) is 16.9 Å². The van der Waals surface area contributed by atoms with E-state index in [1.54, 1.807) is 65.6 Å². The van der Waals surface area contributed by atoms with E-state index in [2.05, 4.69) is 17.1 Å². The molecule has 1 aliphatic heterocycles. The Bertz CT molecular complexity index is 1590. The van der Waals surface area contributed by atoms with Gasteiger partial charge in [-0.2, -0.15) is 0 Å². The molecule has 4 rings (SSSR count). The summed E-state index contributed by atoms with van der Waals surface area (Å²) in [5, 5.41) is 16.3. The molecule has 3 aromatic carbocycles. The Morgan fingerprint density at radius 2 is 1.73 bits per heavy atom. The lowest BCUT2D eigenvalue weighted by molar-refractivity contribution is 0.0602. The number of unbranched alkanes of at least 4 members (excludes halogenated alkanes) is 2. The molecule has 0 radical (unpaired) electrons. The van der Waals surface area contributed by atoms with Crippen molar-refractivity contribution >= 4 is 28.0 Å². The predicted octanol–water partition coefficient (Wildman–Crippen LogP) is 5.34. The number of carbonyl (C=O) groups excluding carboxylic acids is 2. The van der Waals surface area contributed by atoms with Crippen molar-refractivity contribution in [2.75, 3.05) is 26.7 Å². The summed E-state index contributed by atoms with van der Waals surface area (Å²) in [6.45, 7) is 4.50. The first-order chi connectivity index (χ1) is 21.5. The van der Waals surface area contributed by atoms with Gasteiger partial charge in [0, 0.05) is 37.3 Å². The number of rotatable bonds is 11. The smallest absolute Gasteiger partial charge is 0.415 e. The number of nitrogens with two attached hydrogens (primary N) is 1. The number of piperidine rings is 1. The van der Waals surface area contributed by atoms with E-state index in [9.17, 15) is 18.0 Å². The first-order valence-corrected chi connectivity index (χ1v) is 16.6. The number of amidine groups is 1. The van der Waals surface area contributed by atoms with Crippen molar-refractivity contribution in [3.05, 3.63) is 83.9 Å². The fraction of sp³-hybridized carbons (Fsp3) is 0.364. The van der Waals surface area contributed by atoms with E-state index in [0.29, 0.717) is 29.0 Å². The summed E-state index contributed by atoms with van der Waals surface area (Å²) in [6.07, 6.45) is 2.87. The van der Waals surface area contributed by atoms with Crippen LogP contribution in [0.5, 0.6) is 5.75 Å². The fourth-order valence-electron chi connectivity index (χ4n) is 5.11. The summed E-state index contributed by atoms with van der Waals surface area (Å²) in [5.74, 6) is 0.221. The standard InChI is InChI=1S/C33H41N5O6S/c1-3-4-7-19-38(33(40)44-27-15-13-25(14-16-27)29-11-5-6-12-30(29)45(35,41)42)23-24-9-8-10-26(22-24)31(34)36-32(39)43-28-17-20-37(2)21-18-28/h5-6,8-16,22,28H,3-4,7,17-21,23H2,1-2H3,(H2,34,36,39)(H2,35,41,42). The lowest BCUT2D eigenvalue weighted by Crippen LogP contribution is -2.39. The SMILES string of the molecule is CCCCCN(Cc1cccc(C(=N)NC(=O)OC2CCN(C)CC2)c1)C(=O)Oc1ccc(-c2ccccc2S(N)(=O)=O)cc1. The van der Waals surface area contributed by atoms with Crippen LogP contribution in [0.1, 0.15) is 50.2 Å². The number of likely N-dealkylation sites (tertiary alicyclic amines) is 1. The van der Waals surface area contributed by atoms with Gasteiger partial charge in [-0.25, -0.2) is 23.1 Å². The highest BCUT2D eigenvalue weighted by atomic mass is 32.2. The van der Waals surface area contributed by atoms with Gasteiger partial charge in [0.25, 0.3) is 0 Å². The monoisotopic (exact) mass is 635 g/mol. The Labute approximate surface area is 264 Å². The third kappa shape index (κ3) is 9.87. The molecule has 240 valence electrons. The van der Waals surface area contributed by atoms with Gasteiger partial charge < -0.3 is 19.3 Å². The first-order valence-electron chi connectivity index (χ1n) is 15.1. The second kappa shape index (κ2) is 15.6. The fourth-order valence-corrected chi connectivity index (χ4v) is 5.87. The van der Waals surface area contributed by atoms with E-state index < -0.39 is 22.2 Å². The van der Waals surface area contributed by atoms with Crippen LogP contribution in [0.4, 0.5) is 9.59 Å². The summed E-state index contributed by atoms with van der Waals surface area (Å²) in [7, 11) is -1.89. The van der Waals surface area contributed by atoms with Gasteiger partial charge in [-0.05, 0) is 61.7 Å². The Hall–Kier alpha value is -4.26. The van der Waals surface area contributed by atoms with Gasteiger partial charge >= 0.3 is 12.2 Å². The maximum atomic E-state index is 13.3. The van der Waals surface area contributed by atoms with Gasteiger partial charge in [0.15, 0.2) is 0 Å². The normalized spacial score (nSPS) is 14.0. The van der Waals surface area contributed by atoms with Gasteiger partial charge in [-0.1, -0.05) is 68.3 Å². The zero-order valence-electron chi connectivity index (χ0n) is 25.7. The molecule has 0 aliphatic carbocycles. The number of carbonyl (C=O) groups is 2. The summed E-state index contributed by atoms with van der Waals surface area (Å²) in [5.41, 5.74) is 2.33. The third-order valence-corrected chi connectivity index (χ3v) is 8.58. The second-order valence-corrected chi connectivity index (χ2v) is 12.7. The molecular weight excluding hydrogens is 594 g/mol. The molecule has 1 aliphatic rings. The Kier molecular flexibility index (Phi) is 11.7. The molecule has 2 amide bonds. The number of nitrogens with zero attached hydrogens (tertiary/aromatic N) is 2. The third-order valence-electron chi connectivity index (χ3n) is 7.61. The zero-order valence-corrected chi connectivity index (χ0v) is 26.5. The van der Waals surface area contributed by atoms with E-state index in [1.807, 2.05) is 13.1 Å². The summed E-state index contributed by atoms with van der Waals surface area (Å²) in [6, 6.07) is 20.1. The molecule has 4 N–H and O–H groups in total. The molecule has 0 saturated carbocycles. The summed E-state index contributed by atoms with van der Waals surface area (Å²) >= 11 is 0. The van der Waals surface area contributed by atoms with Crippen LogP contribution in [0, 0.1) is 5.41 Å². The molecule has 1 fully saturated rings. The van der Waals surface area contributed by atoms with Gasteiger partial charge in [-0.15, -0.1) is 0 Å². The van der Waals surface area contributed by atoms with E-state index in [4.69, 9.17) is 20.0 Å². The van der Waals surface area contributed by atoms with Crippen molar-refractivity contribution in [3.63, 3.8) is 0 Å². The molecule has 12 heteroatoms. The number of hydrogen-bond donors (Lipinski definition) is 3. The molecule has 0 aromatic heterocycles. The van der Waals surface area contributed by atoms with Crippen LogP contribution in [0.3, 0.4) is 0 Å². The number of sulfonamides is 1. The topological polar surface area (TPSA) is 155 Å². The number of hydrogen-bond acceptors (Lipinski definition) is 8. The summed E-state index contributed by atoms with van der Waals surface area (Å²) < 4.78 is 35.3. The molecule has 3 aromatic rings. The molecule has 0 spiro atoms. The summed E-state index contributed by atoms with van der Waals surface area (Å²) in [4.78, 5) is 29.5. The Balaban J connectivity index is 1.41. The lowest BCUT2D eigenvalue weighted by Gasteiger charge is -2.28. The molecule has 1 heterocycles. The lowest BCUT2D eigenvalue weighted by atomic mass is 10.1. The minimum absolute atomic E-state index is 0.0106. The minimum Gasteiger partial charge on any atom is -0.446 e. The van der Waals surface area contributed by atoms with Crippen LogP contribution in [0.2, 0.25) is 0 Å². The van der Waals surface area contributed by atoms with Gasteiger partial charge in [0.1, 0.15) is 17.7 Å². The number of ether oxygens (including phenoxy) is 2. The second-order valence-electron chi connectivity index (χ2n) is 11.2. The van der Waals surface area contributed by atoms with Crippen LogP contribution in [-0.2, 0) is 21.3 Å². The van der Waals surface area contributed by atoms with Crippen molar-refractivity contribution in [2.45, 2.75) is 56.6 Å². The van der Waals surface area contributed by atoms with E-state index in [-0.39, 0.29) is 23.4 Å². The van der Waals surface area contributed by atoms with Crippen LogP contribution in [0.15, 0.2) is 77.7 Å². The molecule has 0 bridgehead atoms. The van der Waals surface area contributed by atoms with Crippen LogP contribution in [-0.4, -0.2) is 69.0 Å². The van der Waals surface area contributed by atoms with Crippen LogP contribution in [0.25, 0.3) is 11.1 Å². The van der Waals surface area contributed by atoms with Crippen molar-refractivity contribution in [1.29, 1.82) is 5.41 Å². The highest BCUT2D eigenvalue weighted by molar-refractivity contribution is 7.89. The quantitative estimate of drug-likeness (QED) is 0.146. The molecular formula is C33H41N5O6S. The number of alkyl carbamates (subject to hydrolysis) is 1. The van der Waals surface area contributed by atoms with E-state index in [0.717, 1.165) is 50.8 Å². The first kappa shape index (κ1) is 33.6. The maximum absolute atomic E-state index is 13.3. The number of primary sulfonamides is 1. The van der Waals surface area contributed by atoms with Gasteiger partial charge in [-0.3, -0.25) is 10.7 Å². The van der Waals surface area contributed by atoms with Crippen LogP contribution >= 0.6 is 0 Å². The van der Waals surface area contributed by atoms with E-state index >= 15 is 0 Å². The maximum Gasteiger partial charge on any atom is 0.415 e. The van der Waals surface area contributed by atoms with E-state index in [1.165, 1.54) is 6.07 Å². The molecule has 45 heavy (non-hydrogen) atoms. The zero-order chi connectivity index (χ0) is 32.4. The number of benzene rings is 3. The average Bonchev–Trinajstić information content (AvgIpc) is 3.02. The highest BCUT2D eigenvalue weighted by Gasteiger charge is 2.22. The van der Waals surface area contributed by atoms with Gasteiger partial charge in [0.05, 0.1) is 4.90 Å². The van der Waals surface area contributed by atoms with Crippen molar-refractivity contribution in [2.24, 2.45) is 5.14 Å². The van der Waals surface area contributed by atoms with Gasteiger partial charge in [0.2, 0.25) is 10.0 Å². The average molecular weight is 636 g/mol. The minimum atomic E-state index is -3.92. The number of nitrogens with one attached hydrogen (secondary N) is 2. The largest absolute Gasteiger partial charge is 0.446 e. The van der Waals surface area contributed by atoms with Crippen LogP contribution < -0.4 is 15.2 Å². The number of amides is 2. The highest BCUT2D eigenvalue weighted by Crippen LogP contribution is 2.28. The van der Waals surface area contributed by atoms with Crippen molar-refractivity contribution < 1.29 is 27.5 Å². The molecule has 11 nitrogen and oxygen atoms in total. The molecule has 1 saturated heterocycles. The Morgan fingerprint density at radius 1 is 1.02 bits per heavy atom. The Morgan fingerprint density at radius 3 is 2.42 bits per heavy atom. The van der Waals surface area contributed by atoms with Crippen molar-refractivity contribution in [1.82, 2.24) is 15.1 Å². The molecule has 0 atom stereocenters.